The molecule has 1 atom stereocenters. The minimum atomic E-state index is -1.93. The summed E-state index contributed by atoms with van der Waals surface area (Å²) in [5.41, 5.74) is 0. The molecule has 1 heterocycles. The molecule has 0 N–H and O–H groups in total. The summed E-state index contributed by atoms with van der Waals surface area (Å²) in [6.07, 6.45) is 8.08. The van der Waals surface area contributed by atoms with Crippen molar-refractivity contribution >= 4 is 9.73 Å². The van der Waals surface area contributed by atoms with Gasteiger partial charge < -0.3 is 0 Å². The molecule has 0 aromatic heterocycles. The van der Waals surface area contributed by atoms with Crippen LogP contribution in [0.25, 0.3) is 0 Å². The van der Waals surface area contributed by atoms with Gasteiger partial charge in [-0.05, 0) is 32.9 Å². The van der Waals surface area contributed by atoms with E-state index >= 15 is 0 Å². The zero-order valence-electron chi connectivity index (χ0n) is 9.98. The molecular weight excluding hydrogens is 208 g/mol. The van der Waals surface area contributed by atoms with E-state index in [1.54, 1.807) is 13.3 Å². The van der Waals surface area contributed by atoms with Crippen LogP contribution in [0.15, 0.2) is 16.5 Å². The number of hydrogen-bond donors (Lipinski definition) is 0. The second-order valence-electron chi connectivity index (χ2n) is 4.11. The van der Waals surface area contributed by atoms with Gasteiger partial charge in [-0.25, -0.2) is 8.57 Å². The van der Waals surface area contributed by atoms with Crippen molar-refractivity contribution in [1.29, 1.82) is 0 Å². The van der Waals surface area contributed by atoms with Crippen LogP contribution in [0.5, 0.6) is 0 Å². The second-order valence-corrected chi connectivity index (χ2v) is 6.87. The highest BCUT2D eigenvalue weighted by atomic mass is 32.2. The molecular formula is C11H22N2OS. The fraction of sp³-hybridized carbons (Fsp3) is 0.818. The number of hydrogen-bond acceptors (Lipinski definition) is 3. The van der Waals surface area contributed by atoms with E-state index < -0.39 is 9.73 Å². The van der Waals surface area contributed by atoms with E-state index in [-0.39, 0.29) is 0 Å². The van der Waals surface area contributed by atoms with Gasteiger partial charge >= 0.3 is 0 Å². The largest absolute Gasteiger partial charge is 0.300 e. The number of nitrogens with zero attached hydrogens (tertiary/aromatic N) is 2. The normalized spacial score (nSPS) is 24.2. The maximum absolute atomic E-state index is 12.0. The Morgan fingerprint density at radius 1 is 1.47 bits per heavy atom. The Morgan fingerprint density at radius 3 is 2.53 bits per heavy atom. The van der Waals surface area contributed by atoms with Gasteiger partial charge in [0.05, 0.1) is 0 Å². The Balaban J connectivity index is 2.46. The third-order valence-electron chi connectivity index (χ3n) is 3.11. The first-order valence-electron chi connectivity index (χ1n) is 5.52. The highest BCUT2D eigenvalue weighted by Crippen LogP contribution is 2.18. The zero-order chi connectivity index (χ0) is 11.3. The van der Waals surface area contributed by atoms with E-state index in [9.17, 15) is 4.21 Å². The molecule has 1 saturated heterocycles. The molecule has 0 radical (unpaired) electrons. The summed E-state index contributed by atoms with van der Waals surface area (Å²) in [6.45, 7) is 5.17. The SMILES string of the molecule is C/C=C\CN1CCC(S(C)(=O)=NC)CC1. The molecule has 1 aliphatic heterocycles. The third kappa shape index (κ3) is 3.61. The van der Waals surface area contributed by atoms with Crippen LogP contribution >= 0.6 is 0 Å². The van der Waals surface area contributed by atoms with Crippen LogP contribution in [-0.2, 0) is 9.73 Å². The molecule has 4 heteroatoms. The van der Waals surface area contributed by atoms with Crippen molar-refractivity contribution < 1.29 is 4.21 Å². The Kier molecular flexibility index (Phi) is 4.80. The van der Waals surface area contributed by atoms with E-state index in [1.165, 1.54) is 0 Å². The number of allylic oxidation sites excluding steroid dienone is 1. The highest BCUT2D eigenvalue weighted by Gasteiger charge is 2.24. The van der Waals surface area contributed by atoms with Gasteiger partial charge in [0, 0.05) is 34.8 Å². The molecule has 1 unspecified atom stereocenters. The average Bonchev–Trinajstić information content (AvgIpc) is 2.27. The lowest BCUT2D eigenvalue weighted by molar-refractivity contribution is 0.254. The van der Waals surface area contributed by atoms with Crippen molar-refractivity contribution in [1.82, 2.24) is 4.90 Å². The highest BCUT2D eigenvalue weighted by molar-refractivity contribution is 7.93. The van der Waals surface area contributed by atoms with Crippen LogP contribution in [0.2, 0.25) is 0 Å². The molecule has 88 valence electrons. The first-order chi connectivity index (χ1) is 7.10. The van der Waals surface area contributed by atoms with E-state index in [0.29, 0.717) is 5.25 Å². The van der Waals surface area contributed by atoms with Gasteiger partial charge in [-0.2, -0.15) is 0 Å². The van der Waals surface area contributed by atoms with Crippen molar-refractivity contribution in [2.75, 3.05) is 32.9 Å². The Hall–Kier alpha value is -0.350. The lowest BCUT2D eigenvalue weighted by atomic mass is 10.1. The van der Waals surface area contributed by atoms with E-state index in [0.717, 1.165) is 32.5 Å². The van der Waals surface area contributed by atoms with Crippen LogP contribution in [0.1, 0.15) is 19.8 Å². The average molecular weight is 230 g/mol. The van der Waals surface area contributed by atoms with Gasteiger partial charge in [-0.15, -0.1) is 0 Å². The molecule has 0 aromatic rings. The van der Waals surface area contributed by atoms with Gasteiger partial charge in [0.25, 0.3) is 0 Å². The number of rotatable bonds is 3. The second kappa shape index (κ2) is 5.66. The van der Waals surface area contributed by atoms with Crippen LogP contribution in [0, 0.1) is 0 Å². The van der Waals surface area contributed by atoms with Crippen molar-refractivity contribution in [3.05, 3.63) is 12.2 Å². The quantitative estimate of drug-likeness (QED) is 0.692. The van der Waals surface area contributed by atoms with Gasteiger partial charge in [-0.3, -0.25) is 4.90 Å². The third-order valence-corrected chi connectivity index (χ3v) is 5.55. The summed E-state index contributed by atoms with van der Waals surface area (Å²) in [5.74, 6) is 0. The lowest BCUT2D eigenvalue weighted by Gasteiger charge is -2.31. The van der Waals surface area contributed by atoms with Crippen LogP contribution < -0.4 is 0 Å². The summed E-state index contributed by atoms with van der Waals surface area (Å²) in [6, 6.07) is 0. The molecule has 1 rings (SSSR count). The molecule has 15 heavy (non-hydrogen) atoms. The van der Waals surface area contributed by atoms with E-state index in [4.69, 9.17) is 0 Å². The molecule has 1 aliphatic rings. The molecule has 3 nitrogen and oxygen atoms in total. The zero-order valence-corrected chi connectivity index (χ0v) is 10.8. The molecule has 1 fully saturated rings. The standard InChI is InChI=1S/C11H22N2OS/c1-4-5-8-13-9-6-11(7-10-13)15(3,14)12-2/h4-5,11H,6-10H2,1-3H3/b5-4-. The van der Waals surface area contributed by atoms with Gasteiger partial charge in [0.15, 0.2) is 0 Å². The summed E-state index contributed by atoms with van der Waals surface area (Å²) < 4.78 is 16.1. The van der Waals surface area contributed by atoms with E-state index in [2.05, 4.69) is 21.4 Å². The van der Waals surface area contributed by atoms with Gasteiger partial charge in [-0.1, -0.05) is 12.2 Å². The number of likely N-dealkylation sites (tertiary alicyclic amines) is 1. The Morgan fingerprint density at radius 2 is 2.07 bits per heavy atom. The first-order valence-corrected chi connectivity index (χ1v) is 7.51. The fourth-order valence-electron chi connectivity index (χ4n) is 1.93. The smallest absolute Gasteiger partial charge is 0.0465 e. The van der Waals surface area contributed by atoms with E-state index in [1.807, 2.05) is 6.92 Å². The topological polar surface area (TPSA) is 32.7 Å². The van der Waals surface area contributed by atoms with Crippen LogP contribution in [0.4, 0.5) is 0 Å². The van der Waals surface area contributed by atoms with Crippen molar-refractivity contribution in [2.45, 2.75) is 25.0 Å². The first kappa shape index (κ1) is 12.7. The predicted molar refractivity (Wildman–Crippen MR) is 66.7 cm³/mol. The van der Waals surface area contributed by atoms with Gasteiger partial charge in [0.1, 0.15) is 0 Å². The molecule has 0 aromatic carbocycles. The van der Waals surface area contributed by atoms with Gasteiger partial charge in [0.2, 0.25) is 0 Å². The van der Waals surface area contributed by atoms with Crippen LogP contribution in [-0.4, -0.2) is 47.3 Å². The monoisotopic (exact) mass is 230 g/mol. The van der Waals surface area contributed by atoms with Crippen molar-refractivity contribution in [3.8, 4) is 0 Å². The summed E-state index contributed by atoms with van der Waals surface area (Å²) >= 11 is 0. The minimum absolute atomic E-state index is 0.296. The number of piperidine rings is 1. The Bertz CT molecular complexity index is 321. The summed E-state index contributed by atoms with van der Waals surface area (Å²) in [5, 5.41) is 0.296. The maximum atomic E-state index is 12.0. The summed E-state index contributed by atoms with van der Waals surface area (Å²) in [7, 11) is -0.260. The lowest BCUT2D eigenvalue weighted by Crippen LogP contribution is -2.38. The molecule has 0 saturated carbocycles. The molecule has 0 bridgehead atoms. The van der Waals surface area contributed by atoms with Crippen molar-refractivity contribution in [2.24, 2.45) is 4.36 Å². The van der Waals surface area contributed by atoms with Crippen molar-refractivity contribution in [3.63, 3.8) is 0 Å². The fourth-order valence-corrected chi connectivity index (χ4v) is 3.32. The van der Waals surface area contributed by atoms with Crippen LogP contribution in [0.3, 0.4) is 0 Å². The predicted octanol–water partition coefficient (Wildman–Crippen LogP) is 1.75. The Labute approximate surface area is 93.7 Å². The molecule has 0 spiro atoms. The summed E-state index contributed by atoms with van der Waals surface area (Å²) in [4.78, 5) is 2.40. The maximum Gasteiger partial charge on any atom is 0.0465 e. The molecule has 0 amide bonds. The molecule has 0 aliphatic carbocycles. The minimum Gasteiger partial charge on any atom is -0.300 e.